The lowest BCUT2D eigenvalue weighted by Gasteiger charge is -2.50. The highest BCUT2D eigenvalue weighted by Gasteiger charge is 2.70. The minimum atomic E-state index is -1.40. The van der Waals surface area contributed by atoms with Crippen LogP contribution in [0.25, 0.3) is 0 Å². The number of fused-ring (bicyclic) bond motifs is 4. The van der Waals surface area contributed by atoms with Gasteiger partial charge in [-0.3, -0.25) is 29.5 Å². The van der Waals surface area contributed by atoms with Crippen molar-refractivity contribution in [1.29, 1.82) is 0 Å². The first-order valence-corrected chi connectivity index (χ1v) is 15.9. The van der Waals surface area contributed by atoms with Gasteiger partial charge in [-0.1, -0.05) is 72.7 Å². The van der Waals surface area contributed by atoms with Crippen LogP contribution in [0.3, 0.4) is 0 Å². The second kappa shape index (κ2) is 11.2. The largest absolute Gasteiger partial charge is 0.508 e. The van der Waals surface area contributed by atoms with Crippen molar-refractivity contribution >= 4 is 29.3 Å². The summed E-state index contributed by atoms with van der Waals surface area (Å²) in [6.45, 7) is 4.25. The molecule has 3 aromatic carbocycles. The molecule has 4 aliphatic rings. The van der Waals surface area contributed by atoms with E-state index < -0.39 is 40.9 Å². The second-order valence-electron chi connectivity index (χ2n) is 12.8. The number of phenolic OH excluding ortho intramolecular Hbond substituents is 1. The molecule has 4 amide bonds. The molecule has 9 heteroatoms. The van der Waals surface area contributed by atoms with Gasteiger partial charge in [0.05, 0.1) is 36.0 Å². The van der Waals surface area contributed by atoms with E-state index in [0.29, 0.717) is 42.0 Å². The van der Waals surface area contributed by atoms with Crippen LogP contribution in [0, 0.1) is 30.6 Å². The number of hydrazine groups is 1. The molecular formula is C37H37N3O6. The average Bonchev–Trinajstić information content (AvgIpc) is 3.43. The van der Waals surface area contributed by atoms with Crippen LogP contribution >= 0.6 is 0 Å². The Kier molecular flexibility index (Phi) is 7.22. The maximum Gasteiger partial charge on any atom is 0.260 e. The first kappa shape index (κ1) is 29.8. The number of hydrogen-bond donors (Lipinski definition) is 2. The smallest absolute Gasteiger partial charge is 0.260 e. The number of carbonyl (C=O) groups is 4. The van der Waals surface area contributed by atoms with Crippen LogP contribution < -0.4 is 10.2 Å². The van der Waals surface area contributed by atoms with Crippen molar-refractivity contribution in [1.82, 2.24) is 9.91 Å². The summed E-state index contributed by atoms with van der Waals surface area (Å²) in [4.78, 5) is 58.7. The van der Waals surface area contributed by atoms with Gasteiger partial charge in [0.2, 0.25) is 11.8 Å². The monoisotopic (exact) mass is 619 g/mol. The zero-order chi connectivity index (χ0) is 32.3. The van der Waals surface area contributed by atoms with Crippen molar-refractivity contribution in [3.63, 3.8) is 0 Å². The summed E-state index contributed by atoms with van der Waals surface area (Å²) in [5.41, 5.74) is 5.50. The number of aryl methyl sites for hydroxylation is 1. The predicted octanol–water partition coefficient (Wildman–Crippen LogP) is 5.10. The molecule has 2 aliphatic carbocycles. The molecule has 9 nitrogen and oxygen atoms in total. The number of methoxy groups -OCH3 is 1. The number of phenols is 1. The number of rotatable bonds is 7. The van der Waals surface area contributed by atoms with E-state index in [1.54, 1.807) is 12.1 Å². The van der Waals surface area contributed by atoms with Gasteiger partial charge in [-0.2, -0.15) is 5.01 Å². The predicted molar refractivity (Wildman–Crippen MR) is 170 cm³/mol. The van der Waals surface area contributed by atoms with E-state index in [0.717, 1.165) is 16.1 Å². The van der Waals surface area contributed by atoms with Gasteiger partial charge in [0.25, 0.3) is 11.8 Å². The van der Waals surface area contributed by atoms with E-state index in [4.69, 9.17) is 4.74 Å². The van der Waals surface area contributed by atoms with Gasteiger partial charge in [0, 0.05) is 24.1 Å². The fourth-order valence-corrected chi connectivity index (χ4v) is 8.54. The SMILES string of the molecule is CCCN1C(=O)[C@H]2[C@H](CC=C3[C@H]2C[C@H]2C(=O)N(Nc4ccc(C)cc4)C(=O)[C@@]2(c2ccccc2)[C@H]3c2ccc(O)cc2OC)C1=O. The Morgan fingerprint density at radius 1 is 0.935 bits per heavy atom. The number of aromatic hydroxyl groups is 1. The first-order valence-electron chi connectivity index (χ1n) is 15.9. The van der Waals surface area contributed by atoms with Crippen LogP contribution in [-0.4, -0.2) is 52.3 Å². The topological polar surface area (TPSA) is 116 Å². The maximum absolute atomic E-state index is 15.1. The Labute approximate surface area is 267 Å². The second-order valence-corrected chi connectivity index (χ2v) is 12.8. The minimum absolute atomic E-state index is 0.000720. The number of likely N-dealkylation sites (tertiary alicyclic amines) is 1. The number of ether oxygens (including phenoxy) is 1. The van der Waals surface area contributed by atoms with E-state index >= 15 is 4.79 Å². The van der Waals surface area contributed by atoms with E-state index in [2.05, 4.69) is 5.43 Å². The van der Waals surface area contributed by atoms with Gasteiger partial charge in [0.15, 0.2) is 0 Å². The molecule has 0 radical (unpaired) electrons. The number of nitrogens with zero attached hydrogens (tertiary/aromatic N) is 2. The Balaban J connectivity index is 1.46. The molecule has 236 valence electrons. The Bertz CT molecular complexity index is 1770. The highest BCUT2D eigenvalue weighted by atomic mass is 16.5. The summed E-state index contributed by atoms with van der Waals surface area (Å²) in [6.07, 6.45) is 3.27. The lowest BCUT2D eigenvalue weighted by atomic mass is 9.49. The van der Waals surface area contributed by atoms with Crippen LogP contribution in [0.4, 0.5) is 5.69 Å². The zero-order valence-corrected chi connectivity index (χ0v) is 26.1. The molecule has 0 unspecified atom stereocenters. The number of allylic oxidation sites excluding steroid dienone is 2. The molecule has 46 heavy (non-hydrogen) atoms. The molecule has 6 atom stereocenters. The van der Waals surface area contributed by atoms with Crippen molar-refractivity contribution in [2.45, 2.75) is 44.4 Å². The van der Waals surface area contributed by atoms with Crippen molar-refractivity contribution in [3.05, 3.63) is 101 Å². The summed E-state index contributed by atoms with van der Waals surface area (Å²) < 4.78 is 5.82. The van der Waals surface area contributed by atoms with Crippen LogP contribution in [-0.2, 0) is 24.6 Å². The Morgan fingerprint density at radius 2 is 1.67 bits per heavy atom. The minimum Gasteiger partial charge on any atom is -0.508 e. The molecule has 0 bridgehead atoms. The van der Waals surface area contributed by atoms with Crippen LogP contribution in [0.5, 0.6) is 11.5 Å². The van der Waals surface area contributed by atoms with Crippen LogP contribution in [0.1, 0.15) is 48.8 Å². The number of anilines is 1. The average molecular weight is 620 g/mol. The molecule has 0 spiro atoms. The van der Waals surface area contributed by atoms with Gasteiger partial charge >= 0.3 is 0 Å². The Hall–Kier alpha value is -4.92. The standard InChI is InChI=1S/C37H37N3O6/c1-4-18-39-33(42)27-17-16-25-28(31(27)35(39)44)20-29-34(43)40(38-23-12-10-21(2)11-13-23)36(45)37(29,22-8-6-5-7-9-22)32(25)26-15-14-24(41)19-30(26)46-3/h5-16,19,27-29,31-32,38,41H,4,17-18,20H2,1-3H3/t27-,28+,29-,31-,32+,37+/m0/s1. The molecule has 1 saturated carbocycles. The summed E-state index contributed by atoms with van der Waals surface area (Å²) in [5, 5.41) is 11.6. The van der Waals surface area contributed by atoms with Gasteiger partial charge < -0.3 is 9.84 Å². The lowest BCUT2D eigenvalue weighted by molar-refractivity contribution is -0.141. The summed E-state index contributed by atoms with van der Waals surface area (Å²) in [5.74, 6) is -3.95. The van der Waals surface area contributed by atoms with E-state index in [9.17, 15) is 19.5 Å². The fourth-order valence-electron chi connectivity index (χ4n) is 8.54. The highest BCUT2D eigenvalue weighted by Crippen LogP contribution is 2.65. The fraction of sp³-hybridized carbons (Fsp3) is 0.351. The third-order valence-electron chi connectivity index (χ3n) is 10.5. The molecule has 3 fully saturated rings. The third-order valence-corrected chi connectivity index (χ3v) is 10.5. The van der Waals surface area contributed by atoms with Crippen molar-refractivity contribution < 1.29 is 29.0 Å². The van der Waals surface area contributed by atoms with Crippen LogP contribution in [0.15, 0.2) is 84.4 Å². The molecular weight excluding hydrogens is 582 g/mol. The molecule has 3 aromatic rings. The summed E-state index contributed by atoms with van der Waals surface area (Å²) in [7, 11) is 1.51. The summed E-state index contributed by atoms with van der Waals surface area (Å²) in [6, 6.07) is 21.6. The quantitative estimate of drug-likeness (QED) is 0.279. The van der Waals surface area contributed by atoms with Gasteiger partial charge in [-0.05, 0) is 55.9 Å². The number of amides is 4. The van der Waals surface area contributed by atoms with Gasteiger partial charge in [-0.25, -0.2) is 0 Å². The normalized spacial score (nSPS) is 28.5. The van der Waals surface area contributed by atoms with Crippen molar-refractivity contribution in [2.75, 3.05) is 19.1 Å². The summed E-state index contributed by atoms with van der Waals surface area (Å²) >= 11 is 0. The first-order chi connectivity index (χ1) is 22.2. The number of carbonyl (C=O) groups excluding carboxylic acids is 4. The molecule has 0 aromatic heterocycles. The number of imide groups is 2. The van der Waals surface area contributed by atoms with Gasteiger partial charge in [-0.15, -0.1) is 0 Å². The zero-order valence-electron chi connectivity index (χ0n) is 26.1. The molecule has 2 N–H and O–H groups in total. The van der Waals surface area contributed by atoms with E-state index in [1.807, 2.05) is 74.5 Å². The number of hydrogen-bond acceptors (Lipinski definition) is 7. The molecule has 2 aliphatic heterocycles. The molecule has 2 heterocycles. The number of benzene rings is 3. The van der Waals surface area contributed by atoms with Crippen molar-refractivity contribution in [3.8, 4) is 11.5 Å². The van der Waals surface area contributed by atoms with E-state index in [-0.39, 0.29) is 29.9 Å². The van der Waals surface area contributed by atoms with Crippen LogP contribution in [0.2, 0.25) is 0 Å². The lowest BCUT2D eigenvalue weighted by Crippen LogP contribution is -2.53. The van der Waals surface area contributed by atoms with E-state index in [1.165, 1.54) is 18.1 Å². The molecule has 2 saturated heterocycles. The van der Waals surface area contributed by atoms with Crippen molar-refractivity contribution in [2.24, 2.45) is 23.7 Å². The third kappa shape index (κ3) is 4.21. The maximum atomic E-state index is 15.1. The molecule has 7 rings (SSSR count). The number of nitrogens with one attached hydrogen (secondary N) is 1. The Morgan fingerprint density at radius 3 is 2.37 bits per heavy atom. The van der Waals surface area contributed by atoms with Gasteiger partial charge in [0.1, 0.15) is 11.5 Å². The highest BCUT2D eigenvalue weighted by molar-refractivity contribution is 6.13.